The second-order valence-electron chi connectivity index (χ2n) is 5.24. The molecular formula is C16H25NOS. The highest BCUT2D eigenvalue weighted by molar-refractivity contribution is 7.99. The fourth-order valence-corrected chi connectivity index (χ4v) is 3.65. The Balaban J connectivity index is 1.87. The van der Waals surface area contributed by atoms with Gasteiger partial charge in [-0.1, -0.05) is 24.6 Å². The van der Waals surface area contributed by atoms with Crippen molar-refractivity contribution < 1.29 is 4.74 Å². The van der Waals surface area contributed by atoms with Crippen LogP contribution in [0.15, 0.2) is 29.2 Å². The van der Waals surface area contributed by atoms with Crippen LogP contribution in [0, 0.1) is 12.8 Å². The molecule has 1 saturated heterocycles. The predicted molar refractivity (Wildman–Crippen MR) is 82.9 cm³/mol. The Morgan fingerprint density at radius 2 is 1.95 bits per heavy atom. The largest absolute Gasteiger partial charge is 0.381 e. The predicted octanol–water partition coefficient (Wildman–Crippen LogP) is 3.49. The molecule has 0 spiro atoms. The second-order valence-corrected chi connectivity index (χ2v) is 6.33. The highest BCUT2D eigenvalue weighted by Crippen LogP contribution is 2.25. The summed E-state index contributed by atoms with van der Waals surface area (Å²) in [6, 6.07) is 9.46. The number of thioether (sulfide) groups is 1. The Labute approximate surface area is 121 Å². The molecule has 2 nitrogen and oxygen atoms in total. The maximum atomic E-state index is 5.47. The maximum Gasteiger partial charge on any atom is 0.0469 e. The van der Waals surface area contributed by atoms with Crippen LogP contribution >= 0.6 is 11.8 Å². The van der Waals surface area contributed by atoms with Crippen LogP contribution in [-0.4, -0.2) is 31.6 Å². The molecule has 2 rings (SSSR count). The van der Waals surface area contributed by atoms with Crippen molar-refractivity contribution in [1.29, 1.82) is 0 Å². The first-order chi connectivity index (χ1) is 9.29. The van der Waals surface area contributed by atoms with Crippen LogP contribution in [0.4, 0.5) is 0 Å². The zero-order valence-corrected chi connectivity index (χ0v) is 12.8. The molecule has 3 heteroatoms. The van der Waals surface area contributed by atoms with Gasteiger partial charge in [-0.05, 0) is 44.4 Å². The molecule has 1 aromatic carbocycles. The SMILES string of the molecule is CCNC(CSc1ccc(C)cc1)C1CCOCC1. The van der Waals surface area contributed by atoms with Crippen LogP contribution in [-0.2, 0) is 4.74 Å². The summed E-state index contributed by atoms with van der Waals surface area (Å²) in [6.07, 6.45) is 2.40. The number of hydrogen-bond donors (Lipinski definition) is 1. The molecule has 1 atom stereocenters. The molecule has 1 aliphatic heterocycles. The van der Waals surface area contributed by atoms with Gasteiger partial charge in [0.25, 0.3) is 0 Å². The summed E-state index contributed by atoms with van der Waals surface area (Å²) in [4.78, 5) is 1.38. The lowest BCUT2D eigenvalue weighted by molar-refractivity contribution is 0.0568. The third kappa shape index (κ3) is 4.83. The summed E-state index contributed by atoms with van der Waals surface area (Å²) in [5.74, 6) is 1.92. The zero-order valence-electron chi connectivity index (χ0n) is 12.0. The first-order valence-corrected chi connectivity index (χ1v) is 8.28. The fourth-order valence-electron chi connectivity index (χ4n) is 2.56. The number of aryl methyl sites for hydroxylation is 1. The van der Waals surface area contributed by atoms with E-state index in [1.54, 1.807) is 0 Å². The van der Waals surface area contributed by atoms with Gasteiger partial charge < -0.3 is 10.1 Å². The quantitative estimate of drug-likeness (QED) is 0.805. The van der Waals surface area contributed by atoms with Gasteiger partial charge in [-0.25, -0.2) is 0 Å². The molecule has 106 valence electrons. The van der Waals surface area contributed by atoms with Crippen molar-refractivity contribution in [2.75, 3.05) is 25.5 Å². The minimum atomic E-state index is 0.611. The normalized spacial score (nSPS) is 18.4. The van der Waals surface area contributed by atoms with E-state index in [4.69, 9.17) is 4.74 Å². The van der Waals surface area contributed by atoms with Gasteiger partial charge in [0, 0.05) is 29.9 Å². The molecule has 19 heavy (non-hydrogen) atoms. The smallest absolute Gasteiger partial charge is 0.0469 e. The Morgan fingerprint density at radius 3 is 2.58 bits per heavy atom. The summed E-state index contributed by atoms with van der Waals surface area (Å²) in [6.45, 7) is 7.25. The number of nitrogens with one attached hydrogen (secondary N) is 1. The summed E-state index contributed by atoms with van der Waals surface area (Å²) in [5, 5.41) is 3.66. The third-order valence-electron chi connectivity index (χ3n) is 3.75. The highest BCUT2D eigenvalue weighted by atomic mass is 32.2. The van der Waals surface area contributed by atoms with E-state index in [2.05, 4.69) is 43.4 Å². The van der Waals surface area contributed by atoms with Gasteiger partial charge in [0.2, 0.25) is 0 Å². The van der Waals surface area contributed by atoms with Crippen molar-refractivity contribution in [3.63, 3.8) is 0 Å². The second kappa shape index (κ2) is 7.93. The van der Waals surface area contributed by atoms with Gasteiger partial charge in [-0.2, -0.15) is 0 Å². The lowest BCUT2D eigenvalue weighted by Crippen LogP contribution is -2.40. The van der Waals surface area contributed by atoms with Crippen LogP contribution in [0.3, 0.4) is 0 Å². The first-order valence-electron chi connectivity index (χ1n) is 7.30. The summed E-state index contributed by atoms with van der Waals surface area (Å²) < 4.78 is 5.47. The average molecular weight is 279 g/mol. The van der Waals surface area contributed by atoms with Crippen LogP contribution in [0.1, 0.15) is 25.3 Å². The molecule has 1 N–H and O–H groups in total. The van der Waals surface area contributed by atoms with E-state index in [1.165, 1.54) is 23.3 Å². The Hall–Kier alpha value is -0.510. The standard InChI is InChI=1S/C16H25NOS/c1-3-17-16(14-8-10-18-11-9-14)12-19-15-6-4-13(2)5-7-15/h4-7,14,16-17H,3,8-12H2,1-2H3. The van der Waals surface area contributed by atoms with Gasteiger partial charge >= 0.3 is 0 Å². The molecule has 0 saturated carbocycles. The Kier molecular flexibility index (Phi) is 6.21. The maximum absolute atomic E-state index is 5.47. The third-order valence-corrected chi connectivity index (χ3v) is 4.88. The van der Waals surface area contributed by atoms with Crippen molar-refractivity contribution in [3.05, 3.63) is 29.8 Å². The summed E-state index contributed by atoms with van der Waals surface area (Å²) >= 11 is 1.97. The average Bonchev–Trinajstić information content (AvgIpc) is 2.46. The van der Waals surface area contributed by atoms with Gasteiger partial charge in [-0.3, -0.25) is 0 Å². The molecule has 1 unspecified atom stereocenters. The molecule has 1 fully saturated rings. The van der Waals surface area contributed by atoms with E-state index in [-0.39, 0.29) is 0 Å². The summed E-state index contributed by atoms with van der Waals surface area (Å²) in [7, 11) is 0. The van der Waals surface area contributed by atoms with E-state index in [1.807, 2.05) is 11.8 Å². The van der Waals surface area contributed by atoms with Gasteiger partial charge in [-0.15, -0.1) is 11.8 Å². The molecule has 1 aliphatic rings. The van der Waals surface area contributed by atoms with Crippen molar-refractivity contribution in [2.24, 2.45) is 5.92 Å². The molecule has 0 radical (unpaired) electrons. The molecule has 1 heterocycles. The lowest BCUT2D eigenvalue weighted by atomic mass is 9.93. The number of benzene rings is 1. The highest BCUT2D eigenvalue weighted by Gasteiger charge is 2.23. The van der Waals surface area contributed by atoms with Crippen LogP contribution < -0.4 is 5.32 Å². The van der Waals surface area contributed by atoms with Crippen molar-refractivity contribution in [2.45, 2.75) is 37.6 Å². The first kappa shape index (κ1) is 14.9. The van der Waals surface area contributed by atoms with Crippen LogP contribution in [0.2, 0.25) is 0 Å². The van der Waals surface area contributed by atoms with Crippen LogP contribution in [0.5, 0.6) is 0 Å². The summed E-state index contributed by atoms with van der Waals surface area (Å²) in [5.41, 5.74) is 1.33. The number of hydrogen-bond acceptors (Lipinski definition) is 3. The van der Waals surface area contributed by atoms with E-state index in [0.717, 1.165) is 31.4 Å². The Morgan fingerprint density at radius 1 is 1.26 bits per heavy atom. The topological polar surface area (TPSA) is 21.3 Å². The Bertz CT molecular complexity index is 360. The van der Waals surface area contributed by atoms with E-state index < -0.39 is 0 Å². The molecule has 0 aromatic heterocycles. The van der Waals surface area contributed by atoms with Gasteiger partial charge in [0.15, 0.2) is 0 Å². The minimum Gasteiger partial charge on any atom is -0.381 e. The minimum absolute atomic E-state index is 0.611. The van der Waals surface area contributed by atoms with Crippen molar-refractivity contribution in [3.8, 4) is 0 Å². The van der Waals surface area contributed by atoms with E-state index in [9.17, 15) is 0 Å². The van der Waals surface area contributed by atoms with E-state index in [0.29, 0.717) is 6.04 Å². The molecule has 0 amide bonds. The molecule has 0 bridgehead atoms. The van der Waals surface area contributed by atoms with Crippen molar-refractivity contribution >= 4 is 11.8 Å². The molecular weight excluding hydrogens is 254 g/mol. The fraction of sp³-hybridized carbons (Fsp3) is 0.625. The zero-order chi connectivity index (χ0) is 13.5. The lowest BCUT2D eigenvalue weighted by Gasteiger charge is -2.30. The number of ether oxygens (including phenoxy) is 1. The molecule has 1 aromatic rings. The monoisotopic (exact) mass is 279 g/mol. The molecule has 0 aliphatic carbocycles. The van der Waals surface area contributed by atoms with Crippen LogP contribution in [0.25, 0.3) is 0 Å². The van der Waals surface area contributed by atoms with Gasteiger partial charge in [0.1, 0.15) is 0 Å². The number of rotatable bonds is 6. The van der Waals surface area contributed by atoms with Crippen molar-refractivity contribution in [1.82, 2.24) is 5.32 Å². The van der Waals surface area contributed by atoms with Gasteiger partial charge in [0.05, 0.1) is 0 Å². The van der Waals surface area contributed by atoms with E-state index >= 15 is 0 Å².